The van der Waals surface area contributed by atoms with E-state index in [0.29, 0.717) is 66.0 Å². The summed E-state index contributed by atoms with van der Waals surface area (Å²) in [6.45, 7) is 6.35. The number of nitrogens with zero attached hydrogens (tertiary/aromatic N) is 3. The van der Waals surface area contributed by atoms with E-state index < -0.39 is 5.97 Å². The summed E-state index contributed by atoms with van der Waals surface area (Å²) >= 11 is 0. The summed E-state index contributed by atoms with van der Waals surface area (Å²) in [5, 5.41) is 15.0. The minimum Gasteiger partial charge on any atom is -0.481 e. The van der Waals surface area contributed by atoms with Crippen molar-refractivity contribution in [2.24, 2.45) is 5.11 Å². The van der Waals surface area contributed by atoms with E-state index in [4.69, 9.17) is 34.3 Å². The van der Waals surface area contributed by atoms with Crippen molar-refractivity contribution < 1.29 is 33.6 Å². The standard InChI is InChI=1S/C15H30N4O7/c16-19-18-4-8-25-11-10-23-6-2-17-3-7-24-12-14-26-13-9-22-5-1-15(20)21/h17H,1-14H2,(H,20,21). The average molecular weight is 378 g/mol. The molecule has 0 bridgehead atoms. The summed E-state index contributed by atoms with van der Waals surface area (Å²) in [6.07, 6.45) is 0.00774. The van der Waals surface area contributed by atoms with E-state index in [0.717, 1.165) is 13.1 Å². The second-order valence-corrected chi connectivity index (χ2v) is 4.91. The fourth-order valence-corrected chi connectivity index (χ4v) is 1.59. The third kappa shape index (κ3) is 22.5. The lowest BCUT2D eigenvalue weighted by atomic mass is 10.5. The Balaban J connectivity index is 3.00. The molecule has 0 radical (unpaired) electrons. The molecule has 0 aliphatic heterocycles. The van der Waals surface area contributed by atoms with E-state index in [-0.39, 0.29) is 13.0 Å². The van der Waals surface area contributed by atoms with E-state index >= 15 is 0 Å². The molecule has 11 heteroatoms. The molecule has 0 aromatic rings. The van der Waals surface area contributed by atoms with Crippen LogP contribution < -0.4 is 5.32 Å². The Kier molecular flexibility index (Phi) is 20.4. The van der Waals surface area contributed by atoms with Crippen LogP contribution in [0.15, 0.2) is 5.11 Å². The molecule has 0 fully saturated rings. The highest BCUT2D eigenvalue weighted by Gasteiger charge is 1.96. The highest BCUT2D eigenvalue weighted by atomic mass is 16.5. The summed E-state index contributed by atoms with van der Waals surface area (Å²) in [5.41, 5.74) is 8.07. The maximum absolute atomic E-state index is 10.2. The molecule has 152 valence electrons. The van der Waals surface area contributed by atoms with Crippen LogP contribution in [0, 0.1) is 0 Å². The molecular weight excluding hydrogens is 348 g/mol. The van der Waals surface area contributed by atoms with Gasteiger partial charge in [0.25, 0.3) is 0 Å². The Labute approximate surface area is 153 Å². The molecule has 11 nitrogen and oxygen atoms in total. The number of nitrogens with one attached hydrogen (secondary N) is 1. The number of carboxylic acid groups (broad SMARTS) is 1. The Morgan fingerprint density at radius 3 is 1.77 bits per heavy atom. The second-order valence-electron chi connectivity index (χ2n) is 4.91. The lowest BCUT2D eigenvalue weighted by molar-refractivity contribution is -0.138. The number of hydrogen-bond acceptors (Lipinski definition) is 8. The molecule has 0 aliphatic rings. The number of aliphatic carboxylic acids is 1. The number of hydrogen-bond donors (Lipinski definition) is 2. The van der Waals surface area contributed by atoms with E-state index in [1.807, 2.05) is 0 Å². The van der Waals surface area contributed by atoms with Crippen LogP contribution in [-0.4, -0.2) is 96.8 Å². The van der Waals surface area contributed by atoms with Crippen molar-refractivity contribution in [3.63, 3.8) is 0 Å². The molecule has 0 aromatic carbocycles. The normalized spacial score (nSPS) is 10.6. The van der Waals surface area contributed by atoms with Crippen LogP contribution in [0.2, 0.25) is 0 Å². The van der Waals surface area contributed by atoms with Gasteiger partial charge in [0.05, 0.1) is 72.5 Å². The zero-order valence-corrected chi connectivity index (χ0v) is 15.1. The SMILES string of the molecule is [N-]=[N+]=NCCOCCOCCNCCOCCOCCOCCC(=O)O. The van der Waals surface area contributed by atoms with Crippen LogP contribution in [0.3, 0.4) is 0 Å². The van der Waals surface area contributed by atoms with E-state index in [9.17, 15) is 4.79 Å². The zero-order chi connectivity index (χ0) is 19.1. The summed E-state index contributed by atoms with van der Waals surface area (Å²) in [5.74, 6) is -0.868. The van der Waals surface area contributed by atoms with Crippen LogP contribution in [0.5, 0.6) is 0 Å². The molecule has 0 saturated heterocycles. The van der Waals surface area contributed by atoms with Gasteiger partial charge in [-0.05, 0) is 5.53 Å². The number of azide groups is 1. The predicted molar refractivity (Wildman–Crippen MR) is 93.2 cm³/mol. The van der Waals surface area contributed by atoms with Crippen molar-refractivity contribution in [2.75, 3.05) is 85.7 Å². The van der Waals surface area contributed by atoms with Crippen molar-refractivity contribution in [3.8, 4) is 0 Å². The quantitative estimate of drug-likeness (QED) is 0.127. The average Bonchev–Trinajstić information content (AvgIpc) is 2.62. The topological polar surface area (TPSA) is 144 Å². The Morgan fingerprint density at radius 1 is 0.808 bits per heavy atom. The number of carboxylic acids is 1. The minimum atomic E-state index is -0.868. The largest absolute Gasteiger partial charge is 0.481 e. The lowest BCUT2D eigenvalue weighted by Crippen LogP contribution is -2.25. The van der Waals surface area contributed by atoms with Crippen molar-refractivity contribution in [2.45, 2.75) is 6.42 Å². The summed E-state index contributed by atoms with van der Waals surface area (Å²) in [7, 11) is 0. The first-order valence-electron chi connectivity index (χ1n) is 8.59. The Bertz CT molecular complexity index is 348. The summed E-state index contributed by atoms with van der Waals surface area (Å²) < 4.78 is 26.3. The molecule has 0 saturated carbocycles. The lowest BCUT2D eigenvalue weighted by Gasteiger charge is -2.08. The number of carbonyl (C=O) groups is 1. The molecule has 0 heterocycles. The van der Waals surface area contributed by atoms with Crippen molar-refractivity contribution in [3.05, 3.63) is 10.4 Å². The van der Waals surface area contributed by atoms with Crippen molar-refractivity contribution >= 4 is 5.97 Å². The van der Waals surface area contributed by atoms with Gasteiger partial charge < -0.3 is 34.1 Å². The van der Waals surface area contributed by atoms with Crippen LogP contribution in [0.1, 0.15) is 6.42 Å². The van der Waals surface area contributed by atoms with Gasteiger partial charge in [0.1, 0.15) is 0 Å². The molecule has 0 rings (SSSR count). The van der Waals surface area contributed by atoms with Crippen molar-refractivity contribution in [1.82, 2.24) is 5.32 Å². The molecule has 0 aliphatic carbocycles. The highest BCUT2D eigenvalue weighted by Crippen LogP contribution is 1.85. The van der Waals surface area contributed by atoms with E-state index in [1.54, 1.807) is 0 Å². The van der Waals surface area contributed by atoms with Gasteiger partial charge in [-0.25, -0.2) is 0 Å². The van der Waals surface area contributed by atoms with E-state index in [1.165, 1.54) is 0 Å². The van der Waals surface area contributed by atoms with Gasteiger partial charge in [0, 0.05) is 24.5 Å². The van der Waals surface area contributed by atoms with Gasteiger partial charge in [-0.1, -0.05) is 5.11 Å². The molecule has 2 N–H and O–H groups in total. The van der Waals surface area contributed by atoms with Crippen LogP contribution in [0.25, 0.3) is 10.4 Å². The second kappa shape index (κ2) is 21.6. The monoisotopic (exact) mass is 378 g/mol. The maximum Gasteiger partial charge on any atom is 0.305 e. The summed E-state index contributed by atoms with van der Waals surface area (Å²) in [6, 6.07) is 0. The first kappa shape index (κ1) is 24.5. The van der Waals surface area contributed by atoms with Gasteiger partial charge in [0.15, 0.2) is 0 Å². The molecule has 0 unspecified atom stereocenters. The maximum atomic E-state index is 10.2. The predicted octanol–water partition coefficient (Wildman–Crippen LogP) is 0.444. The minimum absolute atomic E-state index is 0.00774. The first-order chi connectivity index (χ1) is 12.8. The highest BCUT2D eigenvalue weighted by molar-refractivity contribution is 5.66. The molecule has 0 aromatic heterocycles. The third-order valence-corrected chi connectivity index (χ3v) is 2.82. The molecular formula is C15H30N4O7. The van der Waals surface area contributed by atoms with Crippen molar-refractivity contribution in [1.29, 1.82) is 0 Å². The molecule has 0 spiro atoms. The molecule has 0 amide bonds. The zero-order valence-electron chi connectivity index (χ0n) is 15.1. The fraction of sp³-hybridized carbons (Fsp3) is 0.933. The first-order valence-corrected chi connectivity index (χ1v) is 8.59. The summed E-state index contributed by atoms with van der Waals surface area (Å²) in [4.78, 5) is 12.9. The molecule has 26 heavy (non-hydrogen) atoms. The van der Waals surface area contributed by atoms with Gasteiger partial charge >= 0.3 is 5.97 Å². The number of rotatable bonds is 21. The van der Waals surface area contributed by atoms with Gasteiger partial charge in [0.2, 0.25) is 0 Å². The molecule has 0 atom stereocenters. The van der Waals surface area contributed by atoms with Crippen LogP contribution in [0.4, 0.5) is 0 Å². The van der Waals surface area contributed by atoms with Gasteiger partial charge in [-0.2, -0.15) is 0 Å². The Hall–Kier alpha value is -1.46. The van der Waals surface area contributed by atoms with Crippen LogP contribution in [-0.2, 0) is 28.5 Å². The number of ether oxygens (including phenoxy) is 5. The van der Waals surface area contributed by atoms with Gasteiger partial charge in [-0.15, -0.1) is 0 Å². The smallest absolute Gasteiger partial charge is 0.305 e. The third-order valence-electron chi connectivity index (χ3n) is 2.82. The fourth-order valence-electron chi connectivity index (χ4n) is 1.59. The van der Waals surface area contributed by atoms with E-state index in [2.05, 4.69) is 15.3 Å². The Morgan fingerprint density at radius 2 is 1.27 bits per heavy atom. The van der Waals surface area contributed by atoms with Crippen LogP contribution >= 0.6 is 0 Å². The van der Waals surface area contributed by atoms with Gasteiger partial charge in [-0.3, -0.25) is 4.79 Å².